The molecule has 1 rings (SSSR count). The second-order valence-corrected chi connectivity index (χ2v) is 2.35. The summed E-state index contributed by atoms with van der Waals surface area (Å²) in [5, 5.41) is 3.22. The standard InChI is InChI=1S/C6H13N5O/c7-6(9-5-10-8)11-1-3-12-4-2-11/h5H,1-4,8H2,(H2,7,9,10). The van der Waals surface area contributed by atoms with Gasteiger partial charge in [0.25, 0.3) is 0 Å². The predicted molar refractivity (Wildman–Crippen MR) is 46.7 cm³/mol. The van der Waals surface area contributed by atoms with Gasteiger partial charge in [0.1, 0.15) is 6.34 Å². The molecule has 0 radical (unpaired) electrons. The van der Waals surface area contributed by atoms with E-state index in [4.69, 9.17) is 16.3 Å². The van der Waals surface area contributed by atoms with E-state index in [1.165, 1.54) is 6.34 Å². The first-order valence-corrected chi connectivity index (χ1v) is 3.72. The average molecular weight is 171 g/mol. The number of rotatable bonds is 1. The van der Waals surface area contributed by atoms with Crippen LogP contribution in [0.2, 0.25) is 0 Å². The molecular formula is C6H13N5O. The number of morpholine rings is 1. The van der Waals surface area contributed by atoms with Gasteiger partial charge in [-0.15, -0.1) is 0 Å². The van der Waals surface area contributed by atoms with Gasteiger partial charge in [-0.2, -0.15) is 5.10 Å². The van der Waals surface area contributed by atoms with Crippen LogP contribution in [0.4, 0.5) is 0 Å². The summed E-state index contributed by atoms with van der Waals surface area (Å²) < 4.78 is 5.14. The maximum Gasteiger partial charge on any atom is 0.197 e. The Labute approximate surface area is 70.9 Å². The lowest BCUT2D eigenvalue weighted by Gasteiger charge is -2.27. The van der Waals surface area contributed by atoms with Crippen LogP contribution >= 0.6 is 0 Å². The van der Waals surface area contributed by atoms with Gasteiger partial charge >= 0.3 is 0 Å². The summed E-state index contributed by atoms with van der Waals surface area (Å²) in [6, 6.07) is 0. The van der Waals surface area contributed by atoms with Crippen molar-refractivity contribution in [3.05, 3.63) is 0 Å². The van der Waals surface area contributed by atoms with E-state index >= 15 is 0 Å². The molecule has 0 saturated carbocycles. The van der Waals surface area contributed by atoms with Crippen LogP contribution in [0.5, 0.6) is 0 Å². The van der Waals surface area contributed by atoms with Gasteiger partial charge in [0, 0.05) is 13.1 Å². The van der Waals surface area contributed by atoms with Crippen molar-refractivity contribution in [3.8, 4) is 0 Å². The van der Waals surface area contributed by atoms with Gasteiger partial charge in [0.15, 0.2) is 5.96 Å². The highest BCUT2D eigenvalue weighted by atomic mass is 16.5. The average Bonchev–Trinajstić information content (AvgIpc) is 2.15. The van der Waals surface area contributed by atoms with Gasteiger partial charge < -0.3 is 21.2 Å². The Bertz CT molecular complexity index is 184. The number of ether oxygens (including phenoxy) is 1. The monoisotopic (exact) mass is 171 g/mol. The fraction of sp³-hybridized carbons (Fsp3) is 0.667. The van der Waals surface area contributed by atoms with Crippen molar-refractivity contribution in [2.75, 3.05) is 26.3 Å². The first-order valence-electron chi connectivity index (χ1n) is 3.72. The van der Waals surface area contributed by atoms with Crippen molar-refractivity contribution in [3.63, 3.8) is 0 Å². The SMILES string of the molecule is NN=CN=C(N)N1CCOCC1. The highest BCUT2D eigenvalue weighted by Crippen LogP contribution is 1.94. The molecule has 1 aliphatic heterocycles. The van der Waals surface area contributed by atoms with Gasteiger partial charge in [-0.25, -0.2) is 4.99 Å². The first-order chi connectivity index (χ1) is 5.84. The molecule has 0 atom stereocenters. The molecule has 0 aromatic rings. The number of hydrogen-bond acceptors (Lipinski definition) is 3. The molecule has 1 fully saturated rings. The second-order valence-electron chi connectivity index (χ2n) is 2.35. The van der Waals surface area contributed by atoms with Crippen LogP contribution in [-0.2, 0) is 4.74 Å². The Hall–Kier alpha value is -1.30. The zero-order chi connectivity index (χ0) is 8.81. The lowest BCUT2D eigenvalue weighted by molar-refractivity contribution is 0.0676. The van der Waals surface area contributed by atoms with Gasteiger partial charge in [0.05, 0.1) is 13.2 Å². The minimum Gasteiger partial charge on any atom is -0.378 e. The molecule has 6 nitrogen and oxygen atoms in total. The third-order valence-corrected chi connectivity index (χ3v) is 1.59. The third kappa shape index (κ3) is 2.39. The van der Waals surface area contributed by atoms with E-state index in [2.05, 4.69) is 10.1 Å². The van der Waals surface area contributed by atoms with Gasteiger partial charge in [-0.05, 0) is 0 Å². The fourth-order valence-electron chi connectivity index (χ4n) is 0.967. The van der Waals surface area contributed by atoms with Crippen molar-refractivity contribution in [2.24, 2.45) is 21.7 Å². The van der Waals surface area contributed by atoms with Crippen LogP contribution in [0.3, 0.4) is 0 Å². The van der Waals surface area contributed by atoms with E-state index < -0.39 is 0 Å². The Balaban J connectivity index is 2.44. The van der Waals surface area contributed by atoms with Crippen molar-refractivity contribution in [1.82, 2.24) is 4.90 Å². The topological polar surface area (TPSA) is 89.2 Å². The van der Waals surface area contributed by atoms with E-state index in [0.29, 0.717) is 19.2 Å². The van der Waals surface area contributed by atoms with Crippen LogP contribution in [0.25, 0.3) is 0 Å². The van der Waals surface area contributed by atoms with Crippen LogP contribution < -0.4 is 11.6 Å². The smallest absolute Gasteiger partial charge is 0.197 e. The number of hydrogen-bond donors (Lipinski definition) is 2. The Kier molecular flexibility index (Phi) is 3.34. The van der Waals surface area contributed by atoms with E-state index in [9.17, 15) is 0 Å². The zero-order valence-electron chi connectivity index (χ0n) is 6.81. The summed E-state index contributed by atoms with van der Waals surface area (Å²) in [4.78, 5) is 5.74. The fourth-order valence-corrected chi connectivity index (χ4v) is 0.967. The van der Waals surface area contributed by atoms with Crippen molar-refractivity contribution >= 4 is 12.3 Å². The quantitative estimate of drug-likeness (QED) is 0.218. The highest BCUT2D eigenvalue weighted by molar-refractivity contribution is 5.85. The maximum atomic E-state index is 5.61. The minimum absolute atomic E-state index is 0.438. The van der Waals surface area contributed by atoms with Gasteiger partial charge in [-0.1, -0.05) is 0 Å². The molecule has 68 valence electrons. The van der Waals surface area contributed by atoms with E-state index in [-0.39, 0.29) is 0 Å². The predicted octanol–water partition coefficient (Wildman–Crippen LogP) is -1.46. The zero-order valence-corrected chi connectivity index (χ0v) is 6.81. The molecule has 0 unspecified atom stereocenters. The highest BCUT2D eigenvalue weighted by Gasteiger charge is 2.11. The molecule has 0 aliphatic carbocycles. The first kappa shape index (κ1) is 8.79. The summed E-state index contributed by atoms with van der Waals surface area (Å²) in [6.07, 6.45) is 1.23. The molecule has 0 bridgehead atoms. The lowest BCUT2D eigenvalue weighted by atomic mass is 10.4. The van der Waals surface area contributed by atoms with Gasteiger partial charge in [0.2, 0.25) is 0 Å². The second kappa shape index (κ2) is 4.55. The Morgan fingerprint density at radius 2 is 2.08 bits per heavy atom. The summed E-state index contributed by atoms with van der Waals surface area (Å²) in [7, 11) is 0. The number of hydrazone groups is 1. The molecule has 12 heavy (non-hydrogen) atoms. The minimum atomic E-state index is 0.438. The molecule has 1 aliphatic rings. The number of guanidine groups is 1. The van der Waals surface area contributed by atoms with E-state index in [1.807, 2.05) is 4.90 Å². The van der Waals surface area contributed by atoms with Crippen molar-refractivity contribution in [2.45, 2.75) is 0 Å². The molecule has 0 spiro atoms. The van der Waals surface area contributed by atoms with E-state index in [0.717, 1.165) is 13.1 Å². The van der Waals surface area contributed by atoms with Crippen LogP contribution in [0.1, 0.15) is 0 Å². The van der Waals surface area contributed by atoms with Gasteiger partial charge in [-0.3, -0.25) is 0 Å². The number of nitrogens with two attached hydrogens (primary N) is 2. The summed E-state index contributed by atoms with van der Waals surface area (Å²) in [5.74, 6) is 5.31. The van der Waals surface area contributed by atoms with Crippen LogP contribution in [0.15, 0.2) is 10.1 Å². The number of aliphatic imine (C=N–C) groups is 1. The number of nitrogens with zero attached hydrogens (tertiary/aromatic N) is 3. The van der Waals surface area contributed by atoms with E-state index in [1.54, 1.807) is 0 Å². The van der Waals surface area contributed by atoms with Crippen molar-refractivity contribution < 1.29 is 4.74 Å². The molecule has 0 amide bonds. The molecule has 0 aromatic heterocycles. The molecular weight excluding hydrogens is 158 g/mol. The summed E-state index contributed by atoms with van der Waals surface area (Å²) in [6.45, 7) is 2.92. The Morgan fingerprint density at radius 3 is 2.67 bits per heavy atom. The summed E-state index contributed by atoms with van der Waals surface area (Å²) >= 11 is 0. The van der Waals surface area contributed by atoms with Crippen molar-refractivity contribution in [1.29, 1.82) is 0 Å². The molecule has 6 heteroatoms. The lowest BCUT2D eigenvalue weighted by Crippen LogP contribution is -2.44. The summed E-state index contributed by atoms with van der Waals surface area (Å²) in [5.41, 5.74) is 5.61. The molecule has 0 aromatic carbocycles. The largest absolute Gasteiger partial charge is 0.378 e. The Morgan fingerprint density at radius 1 is 1.42 bits per heavy atom. The van der Waals surface area contributed by atoms with Crippen LogP contribution in [-0.4, -0.2) is 43.5 Å². The normalized spacial score (nSPS) is 20.3. The van der Waals surface area contributed by atoms with Crippen LogP contribution in [0, 0.1) is 0 Å². The molecule has 1 heterocycles. The molecule has 4 N–H and O–H groups in total. The molecule has 1 saturated heterocycles. The third-order valence-electron chi connectivity index (χ3n) is 1.59. The maximum absolute atomic E-state index is 5.61.